The topological polar surface area (TPSA) is 52.7 Å². The molecule has 154 valence electrons. The highest BCUT2D eigenvalue weighted by Crippen LogP contribution is 2.24. The minimum atomic E-state index is 0.0830. The number of carbonyl (C=O) groups excluding carboxylic acids is 2. The number of likely N-dealkylation sites (tertiary alicyclic amines) is 1. The third-order valence-corrected chi connectivity index (χ3v) is 6.16. The van der Waals surface area contributed by atoms with E-state index in [1.807, 2.05) is 23.1 Å². The Kier molecular flexibility index (Phi) is 7.90. The summed E-state index contributed by atoms with van der Waals surface area (Å²) in [6, 6.07) is 10.6. The molecule has 2 heterocycles. The van der Waals surface area contributed by atoms with Crippen molar-refractivity contribution in [3.8, 4) is 0 Å². The van der Waals surface area contributed by atoms with Crippen molar-refractivity contribution in [3.05, 3.63) is 35.9 Å². The summed E-state index contributed by atoms with van der Waals surface area (Å²) in [5.74, 6) is 0.628. The zero-order chi connectivity index (χ0) is 19.8. The van der Waals surface area contributed by atoms with Gasteiger partial charge in [-0.1, -0.05) is 37.3 Å². The lowest BCUT2D eigenvalue weighted by Crippen LogP contribution is -2.50. The number of piperidine rings is 2. The van der Waals surface area contributed by atoms with E-state index in [1.54, 1.807) is 0 Å². The summed E-state index contributed by atoms with van der Waals surface area (Å²) >= 11 is 0. The van der Waals surface area contributed by atoms with E-state index in [-0.39, 0.29) is 11.8 Å². The van der Waals surface area contributed by atoms with Crippen molar-refractivity contribution in [2.24, 2.45) is 5.92 Å². The van der Waals surface area contributed by atoms with Gasteiger partial charge in [0, 0.05) is 38.0 Å². The van der Waals surface area contributed by atoms with Crippen LogP contribution in [0.3, 0.4) is 0 Å². The maximum absolute atomic E-state index is 13.2. The molecule has 1 N–H and O–H groups in total. The Morgan fingerprint density at radius 3 is 2.39 bits per heavy atom. The van der Waals surface area contributed by atoms with Crippen LogP contribution >= 0.6 is 0 Å². The van der Waals surface area contributed by atoms with E-state index in [0.717, 1.165) is 71.2 Å². The van der Waals surface area contributed by atoms with Crippen LogP contribution < -0.4 is 5.32 Å². The molecule has 1 aromatic carbocycles. The molecule has 2 aliphatic heterocycles. The summed E-state index contributed by atoms with van der Waals surface area (Å²) in [5.41, 5.74) is 1.21. The van der Waals surface area contributed by atoms with Gasteiger partial charge in [0.1, 0.15) is 0 Å². The fourth-order valence-electron chi connectivity index (χ4n) is 4.50. The molecule has 2 saturated heterocycles. The van der Waals surface area contributed by atoms with Gasteiger partial charge in [-0.3, -0.25) is 9.59 Å². The van der Waals surface area contributed by atoms with Crippen LogP contribution in [0.2, 0.25) is 0 Å². The molecular weight excluding hydrogens is 350 g/mol. The van der Waals surface area contributed by atoms with Crippen molar-refractivity contribution in [1.82, 2.24) is 15.1 Å². The average molecular weight is 386 g/mol. The monoisotopic (exact) mass is 385 g/mol. The van der Waals surface area contributed by atoms with E-state index < -0.39 is 0 Å². The molecule has 0 unspecified atom stereocenters. The predicted octanol–water partition coefficient (Wildman–Crippen LogP) is 2.85. The van der Waals surface area contributed by atoms with E-state index in [2.05, 4.69) is 29.3 Å². The maximum atomic E-state index is 13.2. The van der Waals surface area contributed by atoms with Gasteiger partial charge in [0.2, 0.25) is 11.8 Å². The third-order valence-electron chi connectivity index (χ3n) is 6.16. The number of hydrogen-bond donors (Lipinski definition) is 1. The largest absolute Gasteiger partial charge is 0.343 e. The molecule has 5 heteroatoms. The molecule has 2 amide bonds. The van der Waals surface area contributed by atoms with Gasteiger partial charge in [-0.15, -0.1) is 0 Å². The first-order valence-corrected chi connectivity index (χ1v) is 11.0. The number of carbonyl (C=O) groups is 2. The minimum absolute atomic E-state index is 0.0830. The van der Waals surface area contributed by atoms with Gasteiger partial charge in [0.15, 0.2) is 0 Å². The number of aryl methyl sites for hydroxylation is 1. The molecule has 0 radical (unpaired) electrons. The summed E-state index contributed by atoms with van der Waals surface area (Å²) < 4.78 is 0. The first-order chi connectivity index (χ1) is 13.7. The summed E-state index contributed by atoms with van der Waals surface area (Å²) in [7, 11) is 0. The SMILES string of the molecule is CCCN(C(=O)C1CCN(C(=O)CCc2ccccc2)CC1)C1CCNCC1. The second-order valence-electron chi connectivity index (χ2n) is 8.15. The highest BCUT2D eigenvalue weighted by atomic mass is 16.2. The fourth-order valence-corrected chi connectivity index (χ4v) is 4.50. The Morgan fingerprint density at radius 1 is 1.07 bits per heavy atom. The molecule has 5 nitrogen and oxygen atoms in total. The van der Waals surface area contributed by atoms with Crippen LogP contribution in [0, 0.1) is 5.92 Å². The molecule has 0 aliphatic carbocycles. The molecule has 1 aromatic rings. The normalized spacial score (nSPS) is 18.8. The summed E-state index contributed by atoms with van der Waals surface area (Å²) in [4.78, 5) is 29.8. The average Bonchev–Trinajstić information content (AvgIpc) is 2.77. The molecule has 0 saturated carbocycles. The highest BCUT2D eigenvalue weighted by Gasteiger charge is 2.33. The molecule has 28 heavy (non-hydrogen) atoms. The van der Waals surface area contributed by atoms with Crippen molar-refractivity contribution < 1.29 is 9.59 Å². The van der Waals surface area contributed by atoms with E-state index in [0.29, 0.717) is 18.4 Å². The van der Waals surface area contributed by atoms with Crippen molar-refractivity contribution in [3.63, 3.8) is 0 Å². The number of amides is 2. The predicted molar refractivity (Wildman–Crippen MR) is 112 cm³/mol. The highest BCUT2D eigenvalue weighted by molar-refractivity contribution is 5.80. The van der Waals surface area contributed by atoms with Crippen molar-refractivity contribution in [2.45, 2.75) is 57.9 Å². The quantitative estimate of drug-likeness (QED) is 0.785. The number of rotatable bonds is 7. The second kappa shape index (κ2) is 10.6. The molecule has 0 atom stereocenters. The summed E-state index contributed by atoms with van der Waals surface area (Å²) in [6.07, 6.45) is 6.08. The Bertz CT molecular complexity index is 620. The van der Waals surface area contributed by atoms with Crippen LogP contribution in [0.4, 0.5) is 0 Å². The third kappa shape index (κ3) is 5.57. The zero-order valence-corrected chi connectivity index (χ0v) is 17.2. The Labute approximate surface area is 169 Å². The lowest BCUT2D eigenvalue weighted by molar-refractivity contribution is -0.143. The van der Waals surface area contributed by atoms with Crippen LogP contribution in [-0.2, 0) is 16.0 Å². The second-order valence-corrected chi connectivity index (χ2v) is 8.15. The first kappa shape index (κ1) is 20.8. The van der Waals surface area contributed by atoms with Crippen LogP contribution in [0.25, 0.3) is 0 Å². The molecular formula is C23H35N3O2. The van der Waals surface area contributed by atoms with E-state index in [9.17, 15) is 9.59 Å². The van der Waals surface area contributed by atoms with Crippen molar-refractivity contribution >= 4 is 11.8 Å². The standard InChI is InChI=1S/C23H35N3O2/c1-2-16-26(21-10-14-24-15-11-21)23(28)20-12-17-25(18-13-20)22(27)9-8-19-6-4-3-5-7-19/h3-7,20-21,24H,2,8-18H2,1H3. The molecule has 3 rings (SSSR count). The van der Waals surface area contributed by atoms with E-state index in [1.165, 1.54) is 5.56 Å². The van der Waals surface area contributed by atoms with Gasteiger partial charge in [0.05, 0.1) is 0 Å². The van der Waals surface area contributed by atoms with Gasteiger partial charge in [0.25, 0.3) is 0 Å². The van der Waals surface area contributed by atoms with Gasteiger partial charge in [-0.2, -0.15) is 0 Å². The number of benzene rings is 1. The minimum Gasteiger partial charge on any atom is -0.343 e. The fraction of sp³-hybridized carbons (Fsp3) is 0.652. The summed E-state index contributed by atoms with van der Waals surface area (Å²) in [6.45, 7) is 6.46. The maximum Gasteiger partial charge on any atom is 0.226 e. The molecule has 0 spiro atoms. The van der Waals surface area contributed by atoms with E-state index >= 15 is 0 Å². The summed E-state index contributed by atoms with van der Waals surface area (Å²) in [5, 5.41) is 3.39. The van der Waals surface area contributed by atoms with Crippen LogP contribution in [0.15, 0.2) is 30.3 Å². The number of hydrogen-bond acceptors (Lipinski definition) is 3. The van der Waals surface area contributed by atoms with Crippen molar-refractivity contribution in [2.75, 3.05) is 32.7 Å². The number of nitrogens with zero attached hydrogens (tertiary/aromatic N) is 2. The van der Waals surface area contributed by atoms with Gasteiger partial charge in [-0.25, -0.2) is 0 Å². The first-order valence-electron chi connectivity index (χ1n) is 11.0. The van der Waals surface area contributed by atoms with Gasteiger partial charge >= 0.3 is 0 Å². The van der Waals surface area contributed by atoms with E-state index in [4.69, 9.17) is 0 Å². The van der Waals surface area contributed by atoms with Crippen LogP contribution in [0.5, 0.6) is 0 Å². The van der Waals surface area contributed by atoms with Crippen molar-refractivity contribution in [1.29, 1.82) is 0 Å². The lowest BCUT2D eigenvalue weighted by atomic mass is 9.93. The van der Waals surface area contributed by atoms with Crippen LogP contribution in [0.1, 0.15) is 51.0 Å². The Balaban J connectivity index is 1.47. The lowest BCUT2D eigenvalue weighted by Gasteiger charge is -2.39. The molecule has 0 bridgehead atoms. The van der Waals surface area contributed by atoms with Gasteiger partial charge in [-0.05, 0) is 57.2 Å². The Morgan fingerprint density at radius 2 is 1.75 bits per heavy atom. The smallest absolute Gasteiger partial charge is 0.226 e. The molecule has 2 aliphatic rings. The molecule has 2 fully saturated rings. The van der Waals surface area contributed by atoms with Gasteiger partial charge < -0.3 is 15.1 Å². The molecule has 0 aromatic heterocycles. The number of nitrogens with one attached hydrogen (secondary N) is 1. The van der Waals surface area contributed by atoms with Crippen LogP contribution in [-0.4, -0.2) is 60.4 Å². The Hall–Kier alpha value is -1.88. The zero-order valence-electron chi connectivity index (χ0n) is 17.2.